The first-order valence-electron chi connectivity index (χ1n) is 11.0. The van der Waals surface area contributed by atoms with Crippen molar-refractivity contribution in [3.63, 3.8) is 0 Å². The third kappa shape index (κ3) is 4.71. The lowest BCUT2D eigenvalue weighted by Crippen LogP contribution is -2.44. The van der Waals surface area contributed by atoms with Gasteiger partial charge in [0.15, 0.2) is 0 Å². The Hall–Kier alpha value is -2.62. The van der Waals surface area contributed by atoms with Gasteiger partial charge in [0.25, 0.3) is 10.0 Å². The van der Waals surface area contributed by atoms with Crippen LogP contribution in [0.25, 0.3) is 10.9 Å². The van der Waals surface area contributed by atoms with Crippen LogP contribution in [0.1, 0.15) is 5.56 Å². The highest BCUT2D eigenvalue weighted by molar-refractivity contribution is 7.90. The number of piperazine rings is 1. The average Bonchev–Trinajstić information content (AvgIpc) is 3.16. The molecule has 4 rings (SSSR count). The molecule has 0 spiro atoms. The fourth-order valence-electron chi connectivity index (χ4n) is 4.22. The minimum Gasteiger partial charge on any atom is -0.495 e. The summed E-state index contributed by atoms with van der Waals surface area (Å²) in [5.41, 5.74) is 2.04. The number of halogens is 1. The monoisotopic (exact) mass is 474 g/mol. The molecule has 0 radical (unpaired) electrons. The first-order valence-corrected chi connectivity index (χ1v) is 12.5. The quantitative estimate of drug-likeness (QED) is 0.525. The lowest BCUT2D eigenvalue weighted by Gasteiger charge is -2.34. The van der Waals surface area contributed by atoms with Gasteiger partial charge in [-0.2, -0.15) is 0 Å². The summed E-state index contributed by atoms with van der Waals surface area (Å²) in [6.07, 6.45) is 2.24. The third-order valence-electron chi connectivity index (χ3n) is 6.19. The van der Waals surface area contributed by atoms with Gasteiger partial charge in [0.2, 0.25) is 0 Å². The molecule has 178 valence electrons. The van der Waals surface area contributed by atoms with Crippen molar-refractivity contribution >= 4 is 26.6 Å². The van der Waals surface area contributed by atoms with Gasteiger partial charge in [-0.3, -0.25) is 0 Å². The molecule has 3 aromatic rings. The van der Waals surface area contributed by atoms with E-state index in [9.17, 15) is 12.8 Å². The Morgan fingerprint density at radius 2 is 1.79 bits per heavy atom. The molecule has 33 heavy (non-hydrogen) atoms. The second kappa shape index (κ2) is 9.32. The van der Waals surface area contributed by atoms with E-state index in [1.807, 2.05) is 19.0 Å². The van der Waals surface area contributed by atoms with Gasteiger partial charge in [-0.15, -0.1) is 0 Å². The van der Waals surface area contributed by atoms with Crippen LogP contribution < -0.4 is 9.64 Å². The largest absolute Gasteiger partial charge is 0.495 e. The van der Waals surface area contributed by atoms with Crippen molar-refractivity contribution in [3.05, 3.63) is 54.0 Å². The summed E-state index contributed by atoms with van der Waals surface area (Å²) in [7, 11) is 3.66. The number of methoxy groups -OCH3 is 1. The second-order valence-corrected chi connectivity index (χ2v) is 10.6. The molecule has 1 fully saturated rings. The van der Waals surface area contributed by atoms with Crippen LogP contribution in [0.4, 0.5) is 10.1 Å². The Balaban J connectivity index is 1.79. The summed E-state index contributed by atoms with van der Waals surface area (Å²) < 4.78 is 48.4. The zero-order valence-electron chi connectivity index (χ0n) is 19.6. The van der Waals surface area contributed by atoms with Gasteiger partial charge in [-0.25, -0.2) is 16.8 Å². The number of rotatable bonds is 7. The number of fused-ring (bicyclic) bond motifs is 1. The fraction of sp³-hybridized carbons (Fsp3) is 0.417. The first-order chi connectivity index (χ1) is 15.7. The zero-order valence-corrected chi connectivity index (χ0v) is 20.4. The molecule has 1 saturated heterocycles. The third-order valence-corrected chi connectivity index (χ3v) is 7.86. The number of hydrogen-bond acceptors (Lipinski definition) is 6. The molecular weight excluding hydrogens is 443 g/mol. The predicted octanol–water partition coefficient (Wildman–Crippen LogP) is 2.88. The van der Waals surface area contributed by atoms with Crippen LogP contribution in [-0.4, -0.2) is 83.2 Å². The smallest absolute Gasteiger partial charge is 0.268 e. The van der Waals surface area contributed by atoms with Gasteiger partial charge in [0.05, 0.1) is 23.2 Å². The van der Waals surface area contributed by atoms with E-state index in [2.05, 4.69) is 16.8 Å². The van der Waals surface area contributed by atoms with Crippen LogP contribution >= 0.6 is 0 Å². The van der Waals surface area contributed by atoms with Crippen molar-refractivity contribution in [1.29, 1.82) is 0 Å². The van der Waals surface area contributed by atoms with Crippen LogP contribution in [0.3, 0.4) is 0 Å². The van der Waals surface area contributed by atoms with Crippen LogP contribution in [0.15, 0.2) is 47.5 Å². The highest BCUT2D eigenvalue weighted by Gasteiger charge is 2.25. The summed E-state index contributed by atoms with van der Waals surface area (Å²) in [6, 6.07) is 9.21. The van der Waals surface area contributed by atoms with E-state index in [0.29, 0.717) is 23.1 Å². The van der Waals surface area contributed by atoms with E-state index >= 15 is 0 Å². The Bertz CT molecular complexity index is 1250. The predicted molar refractivity (Wildman–Crippen MR) is 129 cm³/mol. The maximum absolute atomic E-state index is 14.0. The Labute approximate surface area is 195 Å². The molecule has 0 saturated carbocycles. The van der Waals surface area contributed by atoms with Gasteiger partial charge in [0, 0.05) is 44.3 Å². The standard InChI is InChI=1S/C24H31FN4O3S/c1-26(2)10-9-18-17-29(22-7-5-19(25)15-21(18)22)33(30,31)20-6-8-24(32-4)23(16-20)28-13-11-27(3)12-14-28/h5-8,15-17H,9-14H2,1-4H3. The van der Waals surface area contributed by atoms with Gasteiger partial charge < -0.3 is 19.4 Å². The van der Waals surface area contributed by atoms with Crippen molar-refractivity contribution in [2.45, 2.75) is 11.3 Å². The molecule has 2 heterocycles. The van der Waals surface area contributed by atoms with Crippen molar-refractivity contribution in [2.24, 2.45) is 0 Å². The lowest BCUT2D eigenvalue weighted by atomic mass is 10.1. The first kappa shape index (κ1) is 23.5. The molecule has 1 aliphatic rings. The SMILES string of the molecule is COc1ccc(S(=O)(=O)n2cc(CCN(C)C)c3cc(F)ccc32)cc1N1CCN(C)CC1. The minimum absolute atomic E-state index is 0.178. The molecular formula is C24H31FN4O3S. The van der Waals surface area contributed by atoms with E-state index < -0.39 is 10.0 Å². The Morgan fingerprint density at radius 1 is 1.06 bits per heavy atom. The van der Waals surface area contributed by atoms with Gasteiger partial charge in [0.1, 0.15) is 11.6 Å². The zero-order chi connectivity index (χ0) is 23.8. The van der Waals surface area contributed by atoms with E-state index in [1.165, 1.54) is 22.2 Å². The average molecular weight is 475 g/mol. The van der Waals surface area contributed by atoms with Crippen molar-refractivity contribution in [2.75, 3.05) is 65.9 Å². The minimum atomic E-state index is -3.91. The molecule has 0 amide bonds. The summed E-state index contributed by atoms with van der Waals surface area (Å²) in [5.74, 6) is 0.259. The van der Waals surface area contributed by atoms with Gasteiger partial charge in [-0.05, 0) is 69.5 Å². The topological polar surface area (TPSA) is 58.0 Å². The molecule has 0 atom stereocenters. The van der Waals surface area contributed by atoms with Crippen LogP contribution in [0.2, 0.25) is 0 Å². The number of aromatic nitrogens is 1. The van der Waals surface area contributed by atoms with E-state index in [0.717, 1.165) is 44.0 Å². The van der Waals surface area contributed by atoms with Crippen molar-refractivity contribution < 1.29 is 17.5 Å². The van der Waals surface area contributed by atoms with Gasteiger partial charge >= 0.3 is 0 Å². The maximum Gasteiger partial charge on any atom is 0.268 e. The van der Waals surface area contributed by atoms with Crippen molar-refractivity contribution in [1.82, 2.24) is 13.8 Å². The van der Waals surface area contributed by atoms with Crippen LogP contribution in [0, 0.1) is 5.82 Å². The lowest BCUT2D eigenvalue weighted by molar-refractivity contribution is 0.311. The highest BCUT2D eigenvalue weighted by atomic mass is 32.2. The number of likely N-dealkylation sites (N-methyl/N-ethyl adjacent to an activating group) is 2. The van der Waals surface area contributed by atoms with E-state index in [1.54, 1.807) is 31.5 Å². The number of nitrogens with zero attached hydrogens (tertiary/aromatic N) is 4. The molecule has 2 aromatic carbocycles. The number of hydrogen-bond donors (Lipinski definition) is 0. The summed E-state index contributed by atoms with van der Waals surface area (Å²) in [5, 5.41) is 0.619. The second-order valence-electron chi connectivity index (χ2n) is 8.79. The van der Waals surface area contributed by atoms with Crippen LogP contribution in [0.5, 0.6) is 5.75 Å². The molecule has 0 bridgehead atoms. The molecule has 0 aliphatic carbocycles. The highest BCUT2D eigenvalue weighted by Crippen LogP contribution is 2.34. The van der Waals surface area contributed by atoms with Gasteiger partial charge in [-0.1, -0.05) is 0 Å². The summed E-state index contributed by atoms with van der Waals surface area (Å²) in [4.78, 5) is 6.59. The molecule has 1 aliphatic heterocycles. The molecule has 0 unspecified atom stereocenters. The number of benzene rings is 2. The summed E-state index contributed by atoms with van der Waals surface area (Å²) >= 11 is 0. The van der Waals surface area contributed by atoms with Crippen molar-refractivity contribution in [3.8, 4) is 5.75 Å². The normalized spacial score (nSPS) is 15.5. The molecule has 0 N–H and O–H groups in total. The number of anilines is 1. The fourth-order valence-corrected chi connectivity index (χ4v) is 5.63. The summed E-state index contributed by atoms with van der Waals surface area (Å²) in [6.45, 7) is 4.09. The molecule has 1 aromatic heterocycles. The van der Waals surface area contributed by atoms with E-state index in [-0.39, 0.29) is 10.7 Å². The van der Waals surface area contributed by atoms with Crippen LogP contribution in [-0.2, 0) is 16.4 Å². The maximum atomic E-state index is 14.0. The van der Waals surface area contributed by atoms with E-state index in [4.69, 9.17) is 4.74 Å². The molecule has 9 heteroatoms. The Morgan fingerprint density at radius 3 is 2.45 bits per heavy atom. The Kier molecular flexibility index (Phi) is 6.65. The number of ether oxygens (including phenoxy) is 1. The molecule has 7 nitrogen and oxygen atoms in total.